The van der Waals surface area contributed by atoms with Crippen molar-refractivity contribution >= 4 is 35.6 Å². The van der Waals surface area contributed by atoms with Crippen molar-refractivity contribution in [2.75, 3.05) is 20.2 Å². The Bertz CT molecular complexity index is 680. The van der Waals surface area contributed by atoms with Crippen molar-refractivity contribution in [2.24, 2.45) is 5.73 Å². The Hall–Kier alpha value is -2.09. The number of amides is 2. The lowest BCUT2D eigenvalue weighted by molar-refractivity contribution is -0.133. The number of hydrogen-bond acceptors (Lipinski definition) is 5. The third-order valence-electron chi connectivity index (χ3n) is 3.46. The Labute approximate surface area is 157 Å². The summed E-state index contributed by atoms with van der Waals surface area (Å²) >= 11 is 1.59. The quantitative estimate of drug-likeness (QED) is 0.727. The van der Waals surface area contributed by atoms with Crippen molar-refractivity contribution in [3.8, 4) is 5.75 Å². The molecule has 0 spiro atoms. The lowest BCUT2D eigenvalue weighted by Crippen LogP contribution is -2.41. The van der Waals surface area contributed by atoms with E-state index in [1.54, 1.807) is 23.3 Å². The van der Waals surface area contributed by atoms with Crippen LogP contribution >= 0.6 is 23.7 Å². The molecule has 8 heteroatoms. The molecule has 25 heavy (non-hydrogen) atoms. The van der Waals surface area contributed by atoms with E-state index >= 15 is 0 Å². The number of methoxy groups -OCH3 is 1. The van der Waals surface area contributed by atoms with Crippen LogP contribution in [0, 0.1) is 0 Å². The summed E-state index contributed by atoms with van der Waals surface area (Å²) in [7, 11) is 1.60. The van der Waals surface area contributed by atoms with Crippen LogP contribution in [0.1, 0.15) is 10.4 Å². The second kappa shape index (κ2) is 10.7. The molecule has 1 heterocycles. The molecule has 0 unspecified atom stereocenters. The second-order valence-corrected chi connectivity index (χ2v) is 6.15. The molecule has 6 nitrogen and oxygen atoms in total. The lowest BCUT2D eigenvalue weighted by Gasteiger charge is -2.23. The largest absolute Gasteiger partial charge is 0.496 e. The van der Waals surface area contributed by atoms with E-state index in [4.69, 9.17) is 10.5 Å². The van der Waals surface area contributed by atoms with Gasteiger partial charge in [-0.2, -0.15) is 0 Å². The molecule has 2 aromatic rings. The molecular formula is C17H22ClN3O3S. The smallest absolute Gasteiger partial charge is 0.242 e. The minimum absolute atomic E-state index is 0. The van der Waals surface area contributed by atoms with Crippen LogP contribution in [0.2, 0.25) is 0 Å². The molecule has 0 aliphatic heterocycles. The predicted octanol–water partition coefficient (Wildman–Crippen LogP) is 1.78. The van der Waals surface area contributed by atoms with Gasteiger partial charge >= 0.3 is 0 Å². The molecule has 0 radical (unpaired) electrons. The molecule has 0 fully saturated rings. The Morgan fingerprint density at radius 1 is 1.20 bits per heavy atom. The molecule has 1 aromatic heterocycles. The zero-order valence-electron chi connectivity index (χ0n) is 13.9. The van der Waals surface area contributed by atoms with E-state index in [0.29, 0.717) is 13.1 Å². The number of nitrogens with one attached hydrogen (secondary N) is 1. The monoisotopic (exact) mass is 383 g/mol. The highest BCUT2D eigenvalue weighted by atomic mass is 35.5. The van der Waals surface area contributed by atoms with Gasteiger partial charge in [-0.25, -0.2) is 0 Å². The summed E-state index contributed by atoms with van der Waals surface area (Å²) in [5, 5.41) is 4.49. The topological polar surface area (TPSA) is 84.7 Å². The average Bonchev–Trinajstić information content (AvgIpc) is 3.12. The third kappa shape index (κ3) is 6.38. The molecule has 0 aliphatic rings. The summed E-state index contributed by atoms with van der Waals surface area (Å²) in [6, 6.07) is 11.5. The fraction of sp³-hybridized carbons (Fsp3) is 0.294. The number of nitrogens with two attached hydrogens (primary N) is 1. The van der Waals surface area contributed by atoms with Gasteiger partial charge in [0.15, 0.2) is 0 Å². The normalized spacial score (nSPS) is 9.84. The van der Waals surface area contributed by atoms with Crippen LogP contribution in [0.5, 0.6) is 5.75 Å². The van der Waals surface area contributed by atoms with Crippen molar-refractivity contribution in [2.45, 2.75) is 13.1 Å². The van der Waals surface area contributed by atoms with E-state index in [9.17, 15) is 9.59 Å². The van der Waals surface area contributed by atoms with Crippen molar-refractivity contribution in [1.29, 1.82) is 0 Å². The van der Waals surface area contributed by atoms with E-state index < -0.39 is 0 Å². The maximum absolute atomic E-state index is 12.5. The molecule has 0 bridgehead atoms. The van der Waals surface area contributed by atoms with Gasteiger partial charge in [-0.1, -0.05) is 24.3 Å². The number of para-hydroxylation sites is 1. The standard InChI is InChI=1S/C17H21N3O3S.ClH/c1-23-15-7-3-2-5-13(15)11-20(12-14-6-4-8-24-14)17(22)10-19-16(21)9-18;/h2-8H,9-12,18H2,1H3,(H,19,21);1H. The van der Waals surface area contributed by atoms with Gasteiger partial charge in [0.1, 0.15) is 5.75 Å². The third-order valence-corrected chi connectivity index (χ3v) is 4.32. The highest BCUT2D eigenvalue weighted by molar-refractivity contribution is 7.09. The van der Waals surface area contributed by atoms with Gasteiger partial charge in [-0.05, 0) is 17.5 Å². The summed E-state index contributed by atoms with van der Waals surface area (Å²) in [6.07, 6.45) is 0. The zero-order valence-corrected chi connectivity index (χ0v) is 15.6. The molecule has 0 atom stereocenters. The number of carbonyl (C=O) groups excluding carboxylic acids is 2. The lowest BCUT2D eigenvalue weighted by atomic mass is 10.2. The van der Waals surface area contributed by atoms with Gasteiger partial charge in [-0.3, -0.25) is 9.59 Å². The van der Waals surface area contributed by atoms with Crippen molar-refractivity contribution in [3.05, 3.63) is 52.2 Å². The SMILES string of the molecule is COc1ccccc1CN(Cc1cccs1)C(=O)CNC(=O)CN.Cl. The first-order chi connectivity index (χ1) is 11.6. The first-order valence-electron chi connectivity index (χ1n) is 7.53. The molecule has 1 aromatic carbocycles. The number of hydrogen-bond donors (Lipinski definition) is 2. The van der Waals surface area contributed by atoms with Crippen LogP contribution in [0.25, 0.3) is 0 Å². The van der Waals surface area contributed by atoms with Crippen LogP contribution in [0.4, 0.5) is 0 Å². The maximum Gasteiger partial charge on any atom is 0.242 e. The van der Waals surface area contributed by atoms with E-state index in [1.165, 1.54) is 0 Å². The number of thiophene rings is 1. The van der Waals surface area contributed by atoms with Crippen LogP contribution in [0.15, 0.2) is 41.8 Å². The molecule has 136 valence electrons. The summed E-state index contributed by atoms with van der Waals surface area (Å²) in [5.41, 5.74) is 6.17. The predicted molar refractivity (Wildman–Crippen MR) is 101 cm³/mol. The molecule has 0 aliphatic carbocycles. The van der Waals surface area contributed by atoms with Gasteiger partial charge in [0.2, 0.25) is 11.8 Å². The van der Waals surface area contributed by atoms with Gasteiger partial charge in [0.05, 0.1) is 26.7 Å². The van der Waals surface area contributed by atoms with Crippen molar-refractivity contribution < 1.29 is 14.3 Å². The number of halogens is 1. The zero-order chi connectivity index (χ0) is 17.4. The summed E-state index contributed by atoms with van der Waals surface area (Å²) in [5.74, 6) is 0.209. The second-order valence-electron chi connectivity index (χ2n) is 5.12. The van der Waals surface area contributed by atoms with Gasteiger partial charge in [-0.15, -0.1) is 23.7 Å². The molecule has 0 saturated heterocycles. The summed E-state index contributed by atoms with van der Waals surface area (Å²) in [6.45, 7) is 0.674. The Kier molecular flexibility index (Phi) is 8.98. The van der Waals surface area contributed by atoms with Crippen LogP contribution in [-0.4, -0.2) is 36.9 Å². The summed E-state index contributed by atoms with van der Waals surface area (Å²) < 4.78 is 5.36. The molecule has 0 saturated carbocycles. The molecule has 3 N–H and O–H groups in total. The highest BCUT2D eigenvalue weighted by Gasteiger charge is 2.17. The first kappa shape index (κ1) is 21.0. The van der Waals surface area contributed by atoms with E-state index in [1.807, 2.05) is 41.8 Å². The minimum Gasteiger partial charge on any atom is -0.496 e. The fourth-order valence-corrected chi connectivity index (χ4v) is 2.94. The van der Waals surface area contributed by atoms with Crippen LogP contribution < -0.4 is 15.8 Å². The van der Waals surface area contributed by atoms with Crippen molar-refractivity contribution in [3.63, 3.8) is 0 Å². The van der Waals surface area contributed by atoms with Gasteiger partial charge in [0, 0.05) is 17.0 Å². The number of ether oxygens (including phenoxy) is 1. The van der Waals surface area contributed by atoms with Crippen LogP contribution in [0.3, 0.4) is 0 Å². The van der Waals surface area contributed by atoms with Gasteiger partial charge in [0.25, 0.3) is 0 Å². The van der Waals surface area contributed by atoms with Crippen molar-refractivity contribution in [1.82, 2.24) is 10.2 Å². The number of carbonyl (C=O) groups is 2. The number of rotatable bonds is 8. The van der Waals surface area contributed by atoms with Crippen LogP contribution in [-0.2, 0) is 22.7 Å². The van der Waals surface area contributed by atoms with E-state index in [2.05, 4.69) is 5.32 Å². The van der Waals surface area contributed by atoms with Gasteiger partial charge < -0.3 is 20.7 Å². The number of nitrogens with zero attached hydrogens (tertiary/aromatic N) is 1. The Morgan fingerprint density at radius 2 is 1.96 bits per heavy atom. The Morgan fingerprint density at radius 3 is 2.60 bits per heavy atom. The average molecular weight is 384 g/mol. The molecular weight excluding hydrogens is 362 g/mol. The number of benzene rings is 1. The minimum atomic E-state index is -0.350. The molecule has 2 rings (SSSR count). The van der Waals surface area contributed by atoms with E-state index in [0.717, 1.165) is 16.2 Å². The molecule has 2 amide bonds. The summed E-state index contributed by atoms with van der Waals surface area (Å²) in [4.78, 5) is 26.6. The Balaban J connectivity index is 0.00000312. The first-order valence-corrected chi connectivity index (χ1v) is 8.40. The highest BCUT2D eigenvalue weighted by Crippen LogP contribution is 2.21. The fourth-order valence-electron chi connectivity index (χ4n) is 2.22. The maximum atomic E-state index is 12.5. The van der Waals surface area contributed by atoms with E-state index in [-0.39, 0.29) is 37.3 Å².